The van der Waals surface area contributed by atoms with Crippen molar-refractivity contribution in [3.05, 3.63) is 0 Å². The van der Waals surface area contributed by atoms with Gasteiger partial charge < -0.3 is 20.1 Å². The van der Waals surface area contributed by atoms with Crippen LogP contribution in [0.15, 0.2) is 0 Å². The van der Waals surface area contributed by atoms with Gasteiger partial charge in [0.1, 0.15) is 0 Å². The number of methoxy groups -OCH3 is 1. The monoisotopic (exact) mass is 228 g/mol. The van der Waals surface area contributed by atoms with Gasteiger partial charge in [-0.2, -0.15) is 0 Å². The van der Waals surface area contributed by atoms with E-state index in [4.69, 9.17) is 15.2 Å². The van der Waals surface area contributed by atoms with Gasteiger partial charge in [0.2, 0.25) is 0 Å². The summed E-state index contributed by atoms with van der Waals surface area (Å²) < 4.78 is 10.9. The molecule has 0 aromatic heterocycles. The number of ether oxygens (including phenoxy) is 2. The van der Waals surface area contributed by atoms with Crippen LogP contribution in [0, 0.1) is 5.41 Å². The molecule has 2 fully saturated rings. The topological polar surface area (TPSA) is 47.7 Å². The van der Waals surface area contributed by atoms with Crippen LogP contribution in [0.2, 0.25) is 0 Å². The molecule has 1 unspecified atom stereocenters. The van der Waals surface area contributed by atoms with Crippen molar-refractivity contribution in [3.8, 4) is 0 Å². The van der Waals surface area contributed by atoms with Gasteiger partial charge in [-0.1, -0.05) is 0 Å². The molecular formula is C12H24N2O2. The smallest absolute Gasteiger partial charge is 0.0595 e. The predicted octanol–water partition coefficient (Wildman–Crippen LogP) is 0.463. The van der Waals surface area contributed by atoms with Crippen LogP contribution >= 0.6 is 0 Å². The summed E-state index contributed by atoms with van der Waals surface area (Å²) in [5.74, 6) is 0. The van der Waals surface area contributed by atoms with Crippen LogP contribution in [-0.2, 0) is 9.47 Å². The minimum Gasteiger partial charge on any atom is -0.381 e. The molecule has 2 aliphatic heterocycles. The summed E-state index contributed by atoms with van der Waals surface area (Å²) in [6, 6.07) is 0. The predicted molar refractivity (Wildman–Crippen MR) is 63.4 cm³/mol. The third kappa shape index (κ3) is 2.74. The quantitative estimate of drug-likeness (QED) is 0.759. The van der Waals surface area contributed by atoms with Crippen molar-refractivity contribution < 1.29 is 9.47 Å². The lowest BCUT2D eigenvalue weighted by atomic mass is 9.86. The highest BCUT2D eigenvalue weighted by Gasteiger charge is 2.36. The number of nitrogens with two attached hydrogens (primary N) is 1. The van der Waals surface area contributed by atoms with Gasteiger partial charge >= 0.3 is 0 Å². The van der Waals surface area contributed by atoms with E-state index in [1.165, 1.54) is 0 Å². The molecule has 2 saturated heterocycles. The Morgan fingerprint density at radius 3 is 2.69 bits per heavy atom. The molecule has 4 heteroatoms. The fraction of sp³-hybridized carbons (Fsp3) is 1.00. The molecule has 94 valence electrons. The Balaban J connectivity index is 1.81. The van der Waals surface area contributed by atoms with E-state index < -0.39 is 0 Å². The molecule has 2 rings (SSSR count). The van der Waals surface area contributed by atoms with E-state index in [0.29, 0.717) is 6.10 Å². The number of hydrogen-bond acceptors (Lipinski definition) is 4. The summed E-state index contributed by atoms with van der Waals surface area (Å²) in [5, 5.41) is 0. The molecule has 4 nitrogen and oxygen atoms in total. The number of piperidine rings is 1. The molecule has 1 atom stereocenters. The lowest BCUT2D eigenvalue weighted by Gasteiger charge is -2.37. The standard InChI is InChI=1S/C12H24N2O2/c1-15-11-2-5-14(6-3-11)9-12(8-13)4-7-16-10-12/h11H,2-10,13H2,1H3. The van der Waals surface area contributed by atoms with Crippen molar-refractivity contribution >= 4 is 0 Å². The van der Waals surface area contributed by atoms with E-state index in [9.17, 15) is 0 Å². The van der Waals surface area contributed by atoms with E-state index >= 15 is 0 Å². The summed E-state index contributed by atoms with van der Waals surface area (Å²) >= 11 is 0. The van der Waals surface area contributed by atoms with Gasteiger partial charge in [0.05, 0.1) is 12.7 Å². The molecule has 2 aliphatic rings. The van der Waals surface area contributed by atoms with E-state index in [-0.39, 0.29) is 5.41 Å². The Morgan fingerprint density at radius 2 is 2.19 bits per heavy atom. The Labute approximate surface area is 98.1 Å². The maximum atomic E-state index is 5.91. The van der Waals surface area contributed by atoms with Crippen LogP contribution in [0.3, 0.4) is 0 Å². The number of hydrogen-bond donors (Lipinski definition) is 1. The number of rotatable bonds is 4. The summed E-state index contributed by atoms with van der Waals surface area (Å²) in [6.07, 6.45) is 3.88. The fourth-order valence-electron chi connectivity index (χ4n) is 2.78. The Morgan fingerprint density at radius 1 is 1.44 bits per heavy atom. The molecule has 16 heavy (non-hydrogen) atoms. The third-order valence-corrected chi connectivity index (χ3v) is 4.04. The molecule has 0 amide bonds. The molecule has 0 aromatic rings. The first-order valence-corrected chi connectivity index (χ1v) is 6.31. The van der Waals surface area contributed by atoms with Gasteiger partial charge in [-0.15, -0.1) is 0 Å². The Kier molecular flexibility index (Phi) is 4.19. The zero-order valence-corrected chi connectivity index (χ0v) is 10.3. The van der Waals surface area contributed by atoms with Crippen LogP contribution in [-0.4, -0.2) is 57.5 Å². The Hall–Kier alpha value is -0.160. The molecule has 2 heterocycles. The molecule has 0 aliphatic carbocycles. The SMILES string of the molecule is COC1CCN(CC2(CN)CCOC2)CC1. The fourth-order valence-corrected chi connectivity index (χ4v) is 2.78. The highest BCUT2D eigenvalue weighted by atomic mass is 16.5. The molecule has 2 N–H and O–H groups in total. The van der Waals surface area contributed by atoms with E-state index in [0.717, 1.165) is 58.7 Å². The van der Waals surface area contributed by atoms with Crippen LogP contribution < -0.4 is 5.73 Å². The number of nitrogens with zero attached hydrogens (tertiary/aromatic N) is 1. The maximum Gasteiger partial charge on any atom is 0.0595 e. The van der Waals surface area contributed by atoms with Crippen molar-refractivity contribution in [1.82, 2.24) is 4.90 Å². The van der Waals surface area contributed by atoms with E-state index in [1.54, 1.807) is 0 Å². The first-order valence-electron chi connectivity index (χ1n) is 6.31. The summed E-state index contributed by atoms with van der Waals surface area (Å²) in [7, 11) is 1.81. The average Bonchev–Trinajstić information content (AvgIpc) is 2.79. The first-order chi connectivity index (χ1) is 7.78. The van der Waals surface area contributed by atoms with Gasteiger partial charge in [0.15, 0.2) is 0 Å². The highest BCUT2D eigenvalue weighted by molar-refractivity contribution is 4.88. The van der Waals surface area contributed by atoms with Gasteiger partial charge in [0, 0.05) is 45.3 Å². The lowest BCUT2D eigenvalue weighted by molar-refractivity contribution is 0.0248. The van der Waals surface area contributed by atoms with Crippen molar-refractivity contribution in [3.63, 3.8) is 0 Å². The molecule has 0 radical (unpaired) electrons. The molecular weight excluding hydrogens is 204 g/mol. The Bertz CT molecular complexity index is 209. The summed E-state index contributed by atoms with van der Waals surface area (Å²) in [5.41, 5.74) is 6.13. The minimum atomic E-state index is 0.222. The van der Waals surface area contributed by atoms with Crippen LogP contribution in [0.5, 0.6) is 0 Å². The van der Waals surface area contributed by atoms with Gasteiger partial charge in [0.25, 0.3) is 0 Å². The van der Waals surface area contributed by atoms with Gasteiger partial charge in [-0.3, -0.25) is 0 Å². The highest BCUT2D eigenvalue weighted by Crippen LogP contribution is 2.29. The van der Waals surface area contributed by atoms with Crippen LogP contribution in [0.1, 0.15) is 19.3 Å². The zero-order chi connectivity index (χ0) is 11.4. The second kappa shape index (κ2) is 5.45. The second-order valence-electron chi connectivity index (χ2n) is 5.22. The van der Waals surface area contributed by atoms with E-state index in [2.05, 4.69) is 4.90 Å². The average molecular weight is 228 g/mol. The normalized spacial score (nSPS) is 33.4. The molecule has 0 saturated carbocycles. The van der Waals surface area contributed by atoms with Gasteiger partial charge in [-0.05, 0) is 19.3 Å². The number of likely N-dealkylation sites (tertiary alicyclic amines) is 1. The first kappa shape index (κ1) is 12.3. The third-order valence-electron chi connectivity index (χ3n) is 4.04. The second-order valence-corrected chi connectivity index (χ2v) is 5.22. The molecule has 0 bridgehead atoms. The molecule has 0 aromatic carbocycles. The maximum absolute atomic E-state index is 5.91. The molecule has 0 spiro atoms. The van der Waals surface area contributed by atoms with Crippen molar-refractivity contribution in [2.45, 2.75) is 25.4 Å². The van der Waals surface area contributed by atoms with Gasteiger partial charge in [-0.25, -0.2) is 0 Å². The summed E-state index contributed by atoms with van der Waals surface area (Å²) in [4.78, 5) is 2.52. The largest absolute Gasteiger partial charge is 0.381 e. The van der Waals surface area contributed by atoms with Crippen molar-refractivity contribution in [2.75, 3.05) is 46.5 Å². The van der Waals surface area contributed by atoms with Crippen LogP contribution in [0.25, 0.3) is 0 Å². The lowest BCUT2D eigenvalue weighted by Crippen LogP contribution is -2.46. The van der Waals surface area contributed by atoms with Crippen molar-refractivity contribution in [1.29, 1.82) is 0 Å². The minimum absolute atomic E-state index is 0.222. The summed E-state index contributed by atoms with van der Waals surface area (Å²) in [6.45, 7) is 5.84. The zero-order valence-electron chi connectivity index (χ0n) is 10.3. The van der Waals surface area contributed by atoms with Crippen LogP contribution in [0.4, 0.5) is 0 Å². The van der Waals surface area contributed by atoms with E-state index in [1.807, 2.05) is 7.11 Å². The van der Waals surface area contributed by atoms with Crippen molar-refractivity contribution in [2.24, 2.45) is 11.1 Å².